The normalized spacial score (nSPS) is 26.2. The number of allylic oxidation sites excluding steroid dienone is 1. The summed E-state index contributed by atoms with van der Waals surface area (Å²) >= 11 is 12.2. The van der Waals surface area contributed by atoms with Gasteiger partial charge in [0.2, 0.25) is 17.2 Å². The molecule has 154 valence electrons. The summed E-state index contributed by atoms with van der Waals surface area (Å²) < 4.78 is 0. The molecule has 2 amide bonds. The van der Waals surface area contributed by atoms with E-state index >= 15 is 0 Å². The Labute approximate surface area is 191 Å². The van der Waals surface area contributed by atoms with Crippen molar-refractivity contribution in [1.82, 2.24) is 0 Å². The molecule has 3 aliphatic rings. The standard InChI is InChI=1S/C22H10Cl2N6O2/c23-10-1-3-12-15(5-10)29-18(31)21(12)14(7-25)17(28)20(8-26,9-27)22(21)13-4-2-11(24)6-16(13)30-19(22)32/h1-6H,28H2,(H,29,31)(H,30,32)/t21-,22+/m1/s1. The van der Waals surface area contributed by atoms with Gasteiger partial charge in [0, 0.05) is 21.4 Å². The van der Waals surface area contributed by atoms with Gasteiger partial charge in [0.05, 0.1) is 29.5 Å². The molecule has 0 fully saturated rings. The van der Waals surface area contributed by atoms with Gasteiger partial charge in [0.25, 0.3) is 0 Å². The number of carbonyl (C=O) groups excluding carboxylic acids is 2. The van der Waals surface area contributed by atoms with Crippen LogP contribution in [0.4, 0.5) is 11.4 Å². The largest absolute Gasteiger partial charge is 0.399 e. The first kappa shape index (κ1) is 19.9. The first-order valence-corrected chi connectivity index (χ1v) is 9.98. The molecular weight excluding hydrogens is 451 g/mol. The van der Waals surface area contributed by atoms with E-state index in [1.165, 1.54) is 36.4 Å². The molecule has 1 aliphatic carbocycles. The van der Waals surface area contributed by atoms with Crippen molar-refractivity contribution in [3.63, 3.8) is 0 Å². The van der Waals surface area contributed by atoms with E-state index in [-0.39, 0.29) is 33.1 Å². The Morgan fingerprint density at radius 2 is 1.38 bits per heavy atom. The fourth-order valence-corrected chi connectivity index (χ4v) is 5.80. The summed E-state index contributed by atoms with van der Waals surface area (Å²) in [6, 6.07) is 14.5. The van der Waals surface area contributed by atoms with Crippen LogP contribution < -0.4 is 16.4 Å². The molecule has 5 rings (SSSR count). The lowest BCUT2D eigenvalue weighted by Crippen LogP contribution is -2.62. The highest BCUT2D eigenvalue weighted by atomic mass is 35.5. The number of fused-ring (bicyclic) bond motifs is 5. The second-order valence-corrected chi connectivity index (χ2v) is 8.54. The second-order valence-electron chi connectivity index (χ2n) is 7.66. The van der Waals surface area contributed by atoms with E-state index in [2.05, 4.69) is 10.6 Å². The third-order valence-electron chi connectivity index (χ3n) is 6.57. The summed E-state index contributed by atoms with van der Waals surface area (Å²) in [6.45, 7) is 0. The van der Waals surface area contributed by atoms with Gasteiger partial charge in [-0.3, -0.25) is 9.59 Å². The maximum absolute atomic E-state index is 13.8. The minimum absolute atomic E-state index is 0.168. The molecule has 2 aromatic rings. The van der Waals surface area contributed by atoms with E-state index in [0.29, 0.717) is 5.02 Å². The van der Waals surface area contributed by atoms with Crippen LogP contribution in [0.15, 0.2) is 47.7 Å². The molecule has 2 spiro atoms. The zero-order valence-corrected chi connectivity index (χ0v) is 17.5. The zero-order valence-electron chi connectivity index (χ0n) is 16.0. The Hall–Kier alpha value is -4.03. The van der Waals surface area contributed by atoms with Crippen molar-refractivity contribution in [3.05, 3.63) is 68.8 Å². The molecule has 4 N–H and O–H groups in total. The number of nitrogens with two attached hydrogens (primary N) is 1. The number of anilines is 2. The van der Waals surface area contributed by atoms with E-state index in [0.717, 1.165) is 0 Å². The highest BCUT2D eigenvalue weighted by molar-refractivity contribution is 6.32. The predicted octanol–water partition coefficient (Wildman–Crippen LogP) is 2.86. The average Bonchev–Trinajstić information content (AvgIpc) is 3.28. The summed E-state index contributed by atoms with van der Waals surface area (Å²) in [5, 5.41) is 36.6. The van der Waals surface area contributed by atoms with Gasteiger partial charge in [0.1, 0.15) is 10.8 Å². The van der Waals surface area contributed by atoms with Crippen LogP contribution in [0.3, 0.4) is 0 Å². The minimum Gasteiger partial charge on any atom is -0.399 e. The Balaban J connectivity index is 2.07. The van der Waals surface area contributed by atoms with E-state index in [1.807, 2.05) is 18.2 Å². The van der Waals surface area contributed by atoms with E-state index < -0.39 is 33.8 Å². The number of carbonyl (C=O) groups is 2. The number of rotatable bonds is 0. The molecule has 0 bridgehead atoms. The van der Waals surface area contributed by atoms with Gasteiger partial charge in [-0.15, -0.1) is 0 Å². The van der Waals surface area contributed by atoms with Crippen LogP contribution in [0.25, 0.3) is 0 Å². The van der Waals surface area contributed by atoms with Crippen LogP contribution in [0.5, 0.6) is 0 Å². The van der Waals surface area contributed by atoms with Gasteiger partial charge < -0.3 is 16.4 Å². The molecule has 0 aromatic heterocycles. The van der Waals surface area contributed by atoms with Crippen molar-refractivity contribution < 1.29 is 9.59 Å². The average molecular weight is 461 g/mol. The van der Waals surface area contributed by atoms with Crippen LogP contribution in [0.2, 0.25) is 10.0 Å². The lowest BCUT2D eigenvalue weighted by Gasteiger charge is -2.42. The molecule has 8 nitrogen and oxygen atoms in total. The van der Waals surface area contributed by atoms with E-state index in [9.17, 15) is 25.4 Å². The quantitative estimate of drug-likeness (QED) is 0.548. The van der Waals surface area contributed by atoms with Crippen molar-refractivity contribution in [2.24, 2.45) is 11.1 Å². The number of benzene rings is 2. The number of hydrogen-bond acceptors (Lipinski definition) is 6. The maximum Gasteiger partial charge on any atom is 0.242 e. The number of hydrogen-bond donors (Lipinski definition) is 3. The summed E-state index contributed by atoms with van der Waals surface area (Å²) in [5.41, 5.74) is -0.257. The molecular formula is C22H10Cl2N6O2. The Kier molecular flexibility index (Phi) is 3.74. The van der Waals surface area contributed by atoms with Gasteiger partial charge in [0.15, 0.2) is 0 Å². The highest BCUT2D eigenvalue weighted by Crippen LogP contribution is 2.70. The third kappa shape index (κ3) is 1.76. The van der Waals surface area contributed by atoms with Crippen LogP contribution >= 0.6 is 23.2 Å². The molecule has 0 unspecified atom stereocenters. The maximum atomic E-state index is 13.8. The van der Waals surface area contributed by atoms with Gasteiger partial charge in [-0.05, 0) is 35.4 Å². The number of amides is 2. The molecule has 2 heterocycles. The van der Waals surface area contributed by atoms with Crippen molar-refractivity contribution in [1.29, 1.82) is 15.8 Å². The summed E-state index contributed by atoms with van der Waals surface area (Å²) in [5.74, 6) is -1.58. The van der Waals surface area contributed by atoms with Crippen molar-refractivity contribution in [2.45, 2.75) is 10.8 Å². The molecule has 2 aromatic carbocycles. The summed E-state index contributed by atoms with van der Waals surface area (Å²) in [4.78, 5) is 27.6. The molecule has 0 saturated heterocycles. The Morgan fingerprint density at radius 1 is 0.844 bits per heavy atom. The Bertz CT molecular complexity index is 1450. The van der Waals surface area contributed by atoms with Crippen LogP contribution in [-0.2, 0) is 20.4 Å². The number of halogens is 2. The van der Waals surface area contributed by atoms with E-state index in [1.54, 1.807) is 0 Å². The molecule has 0 saturated carbocycles. The second kappa shape index (κ2) is 6.02. The minimum atomic E-state index is -2.36. The van der Waals surface area contributed by atoms with Gasteiger partial charge in [-0.2, -0.15) is 15.8 Å². The number of nitriles is 3. The van der Waals surface area contributed by atoms with Crippen molar-refractivity contribution in [2.75, 3.05) is 10.6 Å². The van der Waals surface area contributed by atoms with Crippen LogP contribution in [0.1, 0.15) is 11.1 Å². The monoisotopic (exact) mass is 460 g/mol. The number of nitrogens with one attached hydrogen (secondary N) is 2. The van der Waals surface area contributed by atoms with Crippen LogP contribution in [-0.4, -0.2) is 11.8 Å². The fraction of sp³-hybridized carbons (Fsp3) is 0.136. The smallest absolute Gasteiger partial charge is 0.242 e. The zero-order chi connectivity index (χ0) is 23.1. The predicted molar refractivity (Wildman–Crippen MR) is 114 cm³/mol. The highest BCUT2D eigenvalue weighted by Gasteiger charge is 2.83. The van der Waals surface area contributed by atoms with Gasteiger partial charge in [-0.25, -0.2) is 0 Å². The lowest BCUT2D eigenvalue weighted by atomic mass is 9.50. The van der Waals surface area contributed by atoms with Gasteiger partial charge >= 0.3 is 0 Å². The van der Waals surface area contributed by atoms with Crippen LogP contribution in [0, 0.1) is 39.4 Å². The molecule has 32 heavy (non-hydrogen) atoms. The first-order valence-electron chi connectivity index (χ1n) is 9.22. The topological polar surface area (TPSA) is 156 Å². The summed E-state index contributed by atoms with van der Waals surface area (Å²) in [7, 11) is 0. The number of nitrogens with zero attached hydrogens (tertiary/aromatic N) is 3. The lowest BCUT2D eigenvalue weighted by molar-refractivity contribution is -0.132. The van der Waals surface area contributed by atoms with Gasteiger partial charge in [-0.1, -0.05) is 35.3 Å². The van der Waals surface area contributed by atoms with Crippen molar-refractivity contribution in [3.8, 4) is 18.2 Å². The molecule has 10 heteroatoms. The van der Waals surface area contributed by atoms with E-state index in [4.69, 9.17) is 28.9 Å². The first-order chi connectivity index (χ1) is 15.3. The third-order valence-corrected chi connectivity index (χ3v) is 7.04. The van der Waals surface area contributed by atoms with Crippen molar-refractivity contribution >= 4 is 46.4 Å². The summed E-state index contributed by atoms with van der Waals surface area (Å²) in [6.07, 6.45) is 0. The molecule has 2 atom stereocenters. The molecule has 0 radical (unpaired) electrons. The Morgan fingerprint density at radius 3 is 1.94 bits per heavy atom. The molecule has 2 aliphatic heterocycles. The fourth-order valence-electron chi connectivity index (χ4n) is 5.45. The SMILES string of the molecule is N#CC1=C(N)C(C#N)(C#N)[C@]2(C(=O)Nc3cc(Cl)ccc32)[C@@]12C(=O)Nc1cc(Cl)ccc12.